The van der Waals surface area contributed by atoms with Crippen LogP contribution in [0.3, 0.4) is 0 Å². The monoisotopic (exact) mass is 274 g/mol. The Morgan fingerprint density at radius 1 is 1.12 bits per heavy atom. The van der Waals surface area contributed by atoms with Gasteiger partial charge in [0.15, 0.2) is 0 Å². The highest BCUT2D eigenvalue weighted by molar-refractivity contribution is 6.35. The molecule has 0 saturated carbocycles. The van der Waals surface area contributed by atoms with E-state index in [1.165, 1.54) is 0 Å². The Morgan fingerprint density at radius 3 is 2.50 bits per heavy atom. The lowest BCUT2D eigenvalue weighted by Crippen LogP contribution is -1.94. The van der Waals surface area contributed by atoms with E-state index in [1.54, 1.807) is 24.5 Å². The third kappa shape index (κ3) is 2.22. The van der Waals surface area contributed by atoms with Crippen molar-refractivity contribution < 1.29 is 4.42 Å². The van der Waals surface area contributed by atoms with Crippen molar-refractivity contribution in [2.24, 2.45) is 0 Å². The second kappa shape index (κ2) is 4.70. The fourth-order valence-corrected chi connectivity index (χ4v) is 2.40. The average Bonchev–Trinajstić information content (AvgIpc) is 2.67. The van der Waals surface area contributed by atoms with E-state index in [1.807, 2.05) is 13.0 Å². The van der Waals surface area contributed by atoms with Gasteiger partial charge < -0.3 is 4.42 Å². The molecule has 0 radical (unpaired) electrons. The van der Waals surface area contributed by atoms with Gasteiger partial charge in [0.05, 0.1) is 11.6 Å². The van der Waals surface area contributed by atoms with E-state index in [4.69, 9.17) is 39.2 Å². The topological polar surface area (TPSA) is 13.1 Å². The molecule has 1 unspecified atom stereocenters. The molecule has 0 aliphatic heterocycles. The maximum atomic E-state index is 6.35. The standard InChI is InChI=1S/C12H9Cl3O/c1-7-9(4-5-16-7)12(15)10-6-8(13)2-3-11(10)14/h2-6,12H,1H3. The fourth-order valence-electron chi connectivity index (χ4n) is 1.53. The zero-order chi connectivity index (χ0) is 11.7. The Kier molecular flexibility index (Phi) is 3.48. The maximum Gasteiger partial charge on any atom is 0.105 e. The lowest BCUT2D eigenvalue weighted by Gasteiger charge is -2.11. The van der Waals surface area contributed by atoms with Crippen LogP contribution in [0, 0.1) is 6.92 Å². The van der Waals surface area contributed by atoms with Crippen LogP contribution in [0.25, 0.3) is 0 Å². The summed E-state index contributed by atoms with van der Waals surface area (Å²) in [5, 5.41) is 0.876. The van der Waals surface area contributed by atoms with Crippen LogP contribution < -0.4 is 0 Å². The predicted octanol–water partition coefficient (Wildman–Crippen LogP) is 5.22. The highest BCUT2D eigenvalue weighted by atomic mass is 35.5. The number of rotatable bonds is 2. The maximum absolute atomic E-state index is 6.35. The second-order valence-corrected chi connectivity index (χ2v) is 4.74. The predicted molar refractivity (Wildman–Crippen MR) is 67.6 cm³/mol. The molecular formula is C12H9Cl3O. The van der Waals surface area contributed by atoms with Gasteiger partial charge in [0.25, 0.3) is 0 Å². The summed E-state index contributed by atoms with van der Waals surface area (Å²) >= 11 is 18.4. The minimum absolute atomic E-state index is 0.343. The molecule has 0 spiro atoms. The van der Waals surface area contributed by atoms with Crippen LogP contribution in [0.15, 0.2) is 34.9 Å². The SMILES string of the molecule is Cc1occc1C(Cl)c1cc(Cl)ccc1Cl. The molecule has 0 N–H and O–H groups in total. The molecule has 16 heavy (non-hydrogen) atoms. The van der Waals surface area contributed by atoms with Gasteiger partial charge in [0.1, 0.15) is 5.76 Å². The summed E-state index contributed by atoms with van der Waals surface area (Å²) in [6, 6.07) is 7.08. The Morgan fingerprint density at radius 2 is 1.88 bits per heavy atom. The zero-order valence-corrected chi connectivity index (χ0v) is 10.8. The molecule has 4 heteroatoms. The van der Waals surface area contributed by atoms with Crippen molar-refractivity contribution in [2.45, 2.75) is 12.3 Å². The molecule has 1 heterocycles. The number of hydrogen-bond donors (Lipinski definition) is 0. The van der Waals surface area contributed by atoms with Crippen LogP contribution in [0.2, 0.25) is 10.0 Å². The Hall–Kier alpha value is -0.630. The first-order valence-electron chi connectivity index (χ1n) is 4.72. The number of furan rings is 1. The van der Waals surface area contributed by atoms with Crippen molar-refractivity contribution in [1.29, 1.82) is 0 Å². The number of benzene rings is 1. The lowest BCUT2D eigenvalue weighted by atomic mass is 10.1. The van der Waals surface area contributed by atoms with Gasteiger partial charge in [-0.05, 0) is 36.8 Å². The molecule has 1 nitrogen and oxygen atoms in total. The fraction of sp³-hybridized carbons (Fsp3) is 0.167. The van der Waals surface area contributed by atoms with Gasteiger partial charge in [-0.15, -0.1) is 11.6 Å². The van der Waals surface area contributed by atoms with Gasteiger partial charge in [-0.3, -0.25) is 0 Å². The van der Waals surface area contributed by atoms with Crippen molar-refractivity contribution >= 4 is 34.8 Å². The van der Waals surface area contributed by atoms with Crippen LogP contribution in [-0.2, 0) is 0 Å². The normalized spacial score (nSPS) is 12.8. The Bertz CT molecular complexity index is 505. The first kappa shape index (κ1) is 11.8. The molecule has 0 amide bonds. The molecule has 0 aliphatic carbocycles. The van der Waals surface area contributed by atoms with Crippen LogP contribution in [0.5, 0.6) is 0 Å². The highest BCUT2D eigenvalue weighted by Gasteiger charge is 2.18. The summed E-state index contributed by atoms with van der Waals surface area (Å²) in [5.41, 5.74) is 1.70. The van der Waals surface area contributed by atoms with E-state index in [0.717, 1.165) is 16.9 Å². The summed E-state index contributed by atoms with van der Waals surface area (Å²) in [4.78, 5) is 0. The molecule has 1 aromatic heterocycles. The van der Waals surface area contributed by atoms with Gasteiger partial charge in [-0.2, -0.15) is 0 Å². The zero-order valence-electron chi connectivity index (χ0n) is 8.51. The molecular weight excluding hydrogens is 266 g/mol. The first-order chi connectivity index (χ1) is 7.59. The molecule has 2 rings (SSSR count). The largest absolute Gasteiger partial charge is 0.469 e. The minimum Gasteiger partial charge on any atom is -0.469 e. The summed E-state index contributed by atoms with van der Waals surface area (Å²) in [5.74, 6) is 0.788. The van der Waals surface area contributed by atoms with E-state index in [9.17, 15) is 0 Å². The van der Waals surface area contributed by atoms with Crippen molar-refractivity contribution in [3.8, 4) is 0 Å². The third-order valence-electron chi connectivity index (χ3n) is 2.40. The van der Waals surface area contributed by atoms with E-state index < -0.39 is 0 Å². The van der Waals surface area contributed by atoms with Gasteiger partial charge in [0, 0.05) is 15.6 Å². The summed E-state index contributed by atoms with van der Waals surface area (Å²) in [7, 11) is 0. The van der Waals surface area contributed by atoms with Crippen LogP contribution in [0.4, 0.5) is 0 Å². The third-order valence-corrected chi connectivity index (χ3v) is 3.45. The number of halogens is 3. The van der Waals surface area contributed by atoms with Gasteiger partial charge in [0.2, 0.25) is 0 Å². The molecule has 0 fully saturated rings. The lowest BCUT2D eigenvalue weighted by molar-refractivity contribution is 0.530. The van der Waals surface area contributed by atoms with E-state index >= 15 is 0 Å². The van der Waals surface area contributed by atoms with Gasteiger partial charge in [-0.25, -0.2) is 0 Å². The van der Waals surface area contributed by atoms with Crippen molar-refractivity contribution in [3.63, 3.8) is 0 Å². The van der Waals surface area contributed by atoms with Crippen LogP contribution >= 0.6 is 34.8 Å². The molecule has 1 aromatic carbocycles. The molecule has 1 atom stereocenters. The van der Waals surface area contributed by atoms with Crippen LogP contribution in [0.1, 0.15) is 22.3 Å². The highest BCUT2D eigenvalue weighted by Crippen LogP contribution is 2.36. The van der Waals surface area contributed by atoms with Crippen molar-refractivity contribution in [2.75, 3.05) is 0 Å². The molecule has 0 bridgehead atoms. The van der Waals surface area contributed by atoms with E-state index in [2.05, 4.69) is 0 Å². The van der Waals surface area contributed by atoms with Gasteiger partial charge >= 0.3 is 0 Å². The second-order valence-electron chi connectivity index (χ2n) is 3.46. The average molecular weight is 276 g/mol. The molecule has 2 aromatic rings. The number of hydrogen-bond acceptors (Lipinski definition) is 1. The number of aryl methyl sites for hydroxylation is 1. The number of alkyl halides is 1. The van der Waals surface area contributed by atoms with Crippen molar-refractivity contribution in [1.82, 2.24) is 0 Å². The molecule has 0 saturated heterocycles. The van der Waals surface area contributed by atoms with E-state index in [0.29, 0.717) is 10.0 Å². The smallest absolute Gasteiger partial charge is 0.105 e. The van der Waals surface area contributed by atoms with Crippen molar-refractivity contribution in [3.05, 3.63) is 57.5 Å². The van der Waals surface area contributed by atoms with Gasteiger partial charge in [-0.1, -0.05) is 23.2 Å². The Balaban J connectivity index is 2.45. The summed E-state index contributed by atoms with van der Waals surface area (Å²) in [6.45, 7) is 1.86. The van der Waals surface area contributed by atoms with Crippen LogP contribution in [-0.4, -0.2) is 0 Å². The minimum atomic E-state index is -0.343. The van der Waals surface area contributed by atoms with E-state index in [-0.39, 0.29) is 5.38 Å². The first-order valence-corrected chi connectivity index (χ1v) is 5.92. The molecule has 84 valence electrons. The quantitative estimate of drug-likeness (QED) is 0.685. The summed E-state index contributed by atoms with van der Waals surface area (Å²) < 4.78 is 5.22. The Labute approximate surface area is 109 Å². The summed E-state index contributed by atoms with van der Waals surface area (Å²) in [6.07, 6.45) is 1.61. The molecule has 0 aliphatic rings.